The standard InChI is InChI=1S/C21H30N4.HI/c1-3-16-6-4-7-18-17(14-24-19(16)18)8-12-23-20(22-2)25-13-11-21(15-25)9-5-10-21;/h4,6-7,14,24H,3,5,8-13,15H2,1-2H3,(H,22,23);1H. The van der Waals surface area contributed by atoms with Crippen molar-refractivity contribution in [2.45, 2.75) is 45.4 Å². The zero-order valence-electron chi connectivity index (χ0n) is 16.0. The maximum absolute atomic E-state index is 4.53. The molecule has 2 N–H and O–H groups in total. The molecule has 0 amide bonds. The van der Waals surface area contributed by atoms with Gasteiger partial charge in [0.25, 0.3) is 0 Å². The van der Waals surface area contributed by atoms with E-state index in [0.29, 0.717) is 5.41 Å². The Bertz CT molecular complexity index is 775. The fraction of sp³-hybridized carbons (Fsp3) is 0.571. The molecular weight excluding hydrogens is 435 g/mol. The first kappa shape index (κ1) is 19.5. The van der Waals surface area contributed by atoms with Crippen LogP contribution >= 0.6 is 24.0 Å². The number of hydrogen-bond donors (Lipinski definition) is 2. The van der Waals surface area contributed by atoms with Gasteiger partial charge in [-0.1, -0.05) is 31.5 Å². The summed E-state index contributed by atoms with van der Waals surface area (Å²) in [5.41, 5.74) is 4.71. The zero-order valence-corrected chi connectivity index (χ0v) is 18.3. The summed E-state index contributed by atoms with van der Waals surface area (Å²) < 4.78 is 0. The number of para-hydroxylation sites is 1. The lowest BCUT2D eigenvalue weighted by Gasteiger charge is -2.38. The second-order valence-corrected chi connectivity index (χ2v) is 7.76. The number of halogens is 1. The lowest BCUT2D eigenvalue weighted by molar-refractivity contribution is 0.151. The third-order valence-electron chi connectivity index (χ3n) is 6.31. The molecule has 1 saturated heterocycles. The van der Waals surface area contributed by atoms with Gasteiger partial charge in [-0.05, 0) is 48.6 Å². The number of guanidine groups is 1. The number of rotatable bonds is 4. The van der Waals surface area contributed by atoms with Crippen molar-refractivity contribution in [2.24, 2.45) is 10.4 Å². The Balaban J connectivity index is 0.00000196. The van der Waals surface area contributed by atoms with Crippen LogP contribution in [0.1, 0.15) is 43.7 Å². The first-order valence-electron chi connectivity index (χ1n) is 9.78. The summed E-state index contributed by atoms with van der Waals surface area (Å²) in [4.78, 5) is 10.5. The van der Waals surface area contributed by atoms with Gasteiger partial charge < -0.3 is 15.2 Å². The molecule has 2 aromatic rings. The second-order valence-electron chi connectivity index (χ2n) is 7.76. The first-order chi connectivity index (χ1) is 12.2. The van der Waals surface area contributed by atoms with Crippen LogP contribution in [0.15, 0.2) is 29.4 Å². The van der Waals surface area contributed by atoms with E-state index in [1.165, 1.54) is 54.3 Å². The summed E-state index contributed by atoms with van der Waals surface area (Å²) in [7, 11) is 1.91. The average Bonchev–Trinajstić information content (AvgIpc) is 3.23. The molecule has 5 heteroatoms. The van der Waals surface area contributed by atoms with Gasteiger partial charge in [0.15, 0.2) is 5.96 Å². The number of likely N-dealkylation sites (tertiary alicyclic amines) is 1. The number of fused-ring (bicyclic) bond motifs is 1. The predicted molar refractivity (Wildman–Crippen MR) is 121 cm³/mol. The monoisotopic (exact) mass is 466 g/mol. The van der Waals surface area contributed by atoms with Crippen LogP contribution in [0, 0.1) is 5.41 Å². The molecule has 1 aliphatic heterocycles. The predicted octanol–water partition coefficient (Wildman–Crippen LogP) is 4.34. The van der Waals surface area contributed by atoms with Crippen molar-refractivity contribution in [1.29, 1.82) is 0 Å². The maximum Gasteiger partial charge on any atom is 0.193 e. The number of hydrogen-bond acceptors (Lipinski definition) is 1. The largest absolute Gasteiger partial charge is 0.361 e. The summed E-state index contributed by atoms with van der Waals surface area (Å²) in [6, 6.07) is 6.62. The smallest absolute Gasteiger partial charge is 0.193 e. The van der Waals surface area contributed by atoms with E-state index in [-0.39, 0.29) is 24.0 Å². The Hall–Kier alpha value is -1.24. The van der Waals surface area contributed by atoms with Crippen LogP contribution in [0.5, 0.6) is 0 Å². The molecule has 1 aliphatic carbocycles. The highest BCUT2D eigenvalue weighted by Gasteiger charge is 2.43. The number of aromatic nitrogens is 1. The van der Waals surface area contributed by atoms with Crippen LogP contribution in [0.25, 0.3) is 10.9 Å². The van der Waals surface area contributed by atoms with Gasteiger partial charge in [-0.3, -0.25) is 4.99 Å². The Morgan fingerprint density at radius 1 is 1.27 bits per heavy atom. The highest BCUT2D eigenvalue weighted by Crippen LogP contribution is 2.47. The van der Waals surface area contributed by atoms with Crippen molar-refractivity contribution < 1.29 is 0 Å². The van der Waals surface area contributed by atoms with Crippen LogP contribution in [0.3, 0.4) is 0 Å². The minimum atomic E-state index is 0. The lowest BCUT2D eigenvalue weighted by Crippen LogP contribution is -2.43. The molecule has 1 spiro atoms. The van der Waals surface area contributed by atoms with Gasteiger partial charge in [-0.2, -0.15) is 0 Å². The molecule has 26 heavy (non-hydrogen) atoms. The minimum absolute atomic E-state index is 0. The molecule has 1 aromatic heterocycles. The molecule has 1 aromatic carbocycles. The van der Waals surface area contributed by atoms with Crippen LogP contribution in [-0.4, -0.2) is 42.5 Å². The van der Waals surface area contributed by atoms with Gasteiger partial charge in [0.05, 0.1) is 0 Å². The van der Waals surface area contributed by atoms with E-state index >= 15 is 0 Å². The fourth-order valence-electron chi connectivity index (χ4n) is 4.62. The molecule has 2 fully saturated rings. The van der Waals surface area contributed by atoms with Crippen molar-refractivity contribution in [2.75, 3.05) is 26.7 Å². The van der Waals surface area contributed by atoms with Gasteiger partial charge in [-0.15, -0.1) is 24.0 Å². The zero-order chi connectivity index (χ0) is 17.3. The number of nitrogens with one attached hydrogen (secondary N) is 2. The van der Waals surface area contributed by atoms with Crippen molar-refractivity contribution in [3.63, 3.8) is 0 Å². The summed E-state index contributed by atoms with van der Waals surface area (Å²) in [5.74, 6) is 1.08. The maximum atomic E-state index is 4.53. The molecule has 0 radical (unpaired) electrons. The van der Waals surface area contributed by atoms with Gasteiger partial charge in [0.2, 0.25) is 0 Å². The molecular formula is C21H31IN4. The Morgan fingerprint density at radius 3 is 2.77 bits per heavy atom. The summed E-state index contributed by atoms with van der Waals surface area (Å²) >= 11 is 0. The summed E-state index contributed by atoms with van der Waals surface area (Å²) in [6.45, 7) is 5.50. The average molecular weight is 466 g/mol. The topological polar surface area (TPSA) is 43.4 Å². The number of aliphatic imine (C=N–C) groups is 1. The number of nitrogens with zero attached hydrogens (tertiary/aromatic N) is 2. The van der Waals surface area contributed by atoms with Crippen LogP contribution in [0.2, 0.25) is 0 Å². The molecule has 0 unspecified atom stereocenters. The Kier molecular flexibility index (Phi) is 6.15. The highest BCUT2D eigenvalue weighted by molar-refractivity contribution is 14.0. The third-order valence-corrected chi connectivity index (χ3v) is 6.31. The molecule has 4 nitrogen and oxygen atoms in total. The van der Waals surface area contributed by atoms with E-state index in [1.54, 1.807) is 0 Å². The lowest BCUT2D eigenvalue weighted by atomic mass is 9.68. The Labute approximate surface area is 173 Å². The quantitative estimate of drug-likeness (QED) is 0.400. The third kappa shape index (κ3) is 3.59. The molecule has 2 heterocycles. The fourth-order valence-corrected chi connectivity index (χ4v) is 4.62. The summed E-state index contributed by atoms with van der Waals surface area (Å²) in [6.07, 6.45) is 9.85. The normalized spacial score (nSPS) is 18.8. The minimum Gasteiger partial charge on any atom is -0.361 e. The SMILES string of the molecule is CCc1cccc2c(CCNC(=NC)N3CCC4(CCC4)C3)c[nH]c12.I. The van der Waals surface area contributed by atoms with E-state index in [0.717, 1.165) is 31.9 Å². The van der Waals surface area contributed by atoms with E-state index in [2.05, 4.69) is 51.5 Å². The van der Waals surface area contributed by atoms with Crippen molar-refractivity contribution >= 4 is 40.8 Å². The van der Waals surface area contributed by atoms with E-state index in [1.807, 2.05) is 7.05 Å². The first-order valence-corrected chi connectivity index (χ1v) is 9.78. The van der Waals surface area contributed by atoms with Crippen LogP contribution in [-0.2, 0) is 12.8 Å². The molecule has 4 rings (SSSR count). The summed E-state index contributed by atoms with van der Waals surface area (Å²) in [5, 5.41) is 4.96. The number of aryl methyl sites for hydroxylation is 1. The van der Waals surface area contributed by atoms with Gasteiger partial charge in [0, 0.05) is 43.8 Å². The van der Waals surface area contributed by atoms with Crippen LogP contribution < -0.4 is 5.32 Å². The van der Waals surface area contributed by atoms with E-state index < -0.39 is 0 Å². The number of aromatic amines is 1. The van der Waals surface area contributed by atoms with Gasteiger partial charge in [-0.25, -0.2) is 0 Å². The highest BCUT2D eigenvalue weighted by atomic mass is 127. The van der Waals surface area contributed by atoms with Gasteiger partial charge >= 0.3 is 0 Å². The van der Waals surface area contributed by atoms with Gasteiger partial charge in [0.1, 0.15) is 0 Å². The molecule has 1 saturated carbocycles. The van der Waals surface area contributed by atoms with Crippen LogP contribution in [0.4, 0.5) is 0 Å². The van der Waals surface area contributed by atoms with Crippen molar-refractivity contribution in [3.05, 3.63) is 35.5 Å². The molecule has 0 bridgehead atoms. The number of benzene rings is 1. The second kappa shape index (κ2) is 8.19. The molecule has 2 aliphatic rings. The van der Waals surface area contributed by atoms with E-state index in [4.69, 9.17) is 0 Å². The Morgan fingerprint density at radius 2 is 2.12 bits per heavy atom. The van der Waals surface area contributed by atoms with Crippen molar-refractivity contribution in [1.82, 2.24) is 15.2 Å². The molecule has 0 atom stereocenters. The molecule has 142 valence electrons. The van der Waals surface area contributed by atoms with E-state index in [9.17, 15) is 0 Å². The van der Waals surface area contributed by atoms with Crippen molar-refractivity contribution in [3.8, 4) is 0 Å². The number of H-pyrrole nitrogens is 1.